The van der Waals surface area contributed by atoms with Gasteiger partial charge in [0.1, 0.15) is 17.2 Å². The van der Waals surface area contributed by atoms with Crippen molar-refractivity contribution in [2.24, 2.45) is 0 Å². The van der Waals surface area contributed by atoms with Crippen LogP contribution in [0.25, 0.3) is 0 Å². The Balaban J connectivity index is 1.40. The molecule has 2 aliphatic heterocycles. The first-order chi connectivity index (χ1) is 13.5. The Morgan fingerprint density at radius 3 is 2.79 bits per heavy atom. The molecule has 6 heteroatoms. The molecule has 1 saturated heterocycles. The Hall–Kier alpha value is -2.34. The van der Waals surface area contributed by atoms with E-state index in [1.807, 2.05) is 36.9 Å². The number of benzene rings is 1. The summed E-state index contributed by atoms with van der Waals surface area (Å²) >= 11 is 0. The van der Waals surface area contributed by atoms with Crippen LogP contribution in [0.5, 0.6) is 5.75 Å². The van der Waals surface area contributed by atoms with E-state index in [2.05, 4.69) is 6.92 Å². The molecule has 0 aliphatic carbocycles. The van der Waals surface area contributed by atoms with Crippen molar-refractivity contribution in [2.75, 3.05) is 19.8 Å². The van der Waals surface area contributed by atoms with Gasteiger partial charge in [-0.05, 0) is 56.9 Å². The second-order valence-electron chi connectivity index (χ2n) is 7.82. The normalized spacial score (nSPS) is 18.6. The van der Waals surface area contributed by atoms with Gasteiger partial charge in [0.15, 0.2) is 12.0 Å². The number of rotatable bonds is 4. The number of oxazole rings is 1. The highest BCUT2D eigenvalue weighted by molar-refractivity contribution is 5.81. The molecule has 0 bridgehead atoms. The summed E-state index contributed by atoms with van der Waals surface area (Å²) < 4.78 is 17.3. The number of hydrogen-bond acceptors (Lipinski definition) is 5. The maximum absolute atomic E-state index is 12.9. The van der Waals surface area contributed by atoms with Crippen LogP contribution in [-0.4, -0.2) is 41.7 Å². The lowest BCUT2D eigenvalue weighted by Crippen LogP contribution is -2.43. The quantitative estimate of drug-likeness (QED) is 0.807. The smallest absolute Gasteiger partial charge is 0.263 e. The molecule has 0 saturated carbocycles. The lowest BCUT2D eigenvalue weighted by Gasteiger charge is -2.28. The minimum atomic E-state index is -0.537. The Labute approximate surface area is 165 Å². The van der Waals surface area contributed by atoms with Gasteiger partial charge in [0.2, 0.25) is 0 Å². The number of nitrogens with zero attached hydrogens (tertiary/aromatic N) is 2. The second kappa shape index (κ2) is 7.95. The zero-order valence-electron chi connectivity index (χ0n) is 16.9. The number of amides is 1. The number of carbonyl (C=O) groups excluding carboxylic acids is 1. The average Bonchev–Trinajstić information content (AvgIpc) is 3.14. The first-order valence-electron chi connectivity index (χ1n) is 10.1. The zero-order valence-corrected chi connectivity index (χ0v) is 16.9. The van der Waals surface area contributed by atoms with Crippen LogP contribution in [0.2, 0.25) is 0 Å². The van der Waals surface area contributed by atoms with Crippen LogP contribution in [-0.2, 0) is 22.5 Å². The lowest BCUT2D eigenvalue weighted by atomic mass is 10.0. The molecule has 1 unspecified atom stereocenters. The summed E-state index contributed by atoms with van der Waals surface area (Å²) in [6.07, 6.45) is 2.06. The van der Waals surface area contributed by atoms with Gasteiger partial charge in [0.25, 0.3) is 5.91 Å². The number of ether oxygens (including phenoxy) is 2. The molecule has 3 heterocycles. The maximum atomic E-state index is 12.9. The van der Waals surface area contributed by atoms with Crippen molar-refractivity contribution < 1.29 is 18.7 Å². The first kappa shape index (κ1) is 19.0. The fourth-order valence-electron chi connectivity index (χ4n) is 3.82. The van der Waals surface area contributed by atoms with E-state index in [-0.39, 0.29) is 5.91 Å². The van der Waals surface area contributed by atoms with Gasteiger partial charge >= 0.3 is 0 Å². The number of carbonyl (C=O) groups is 1. The number of hydrogen-bond donors (Lipinski definition) is 0. The highest BCUT2D eigenvalue weighted by Crippen LogP contribution is 2.30. The molecule has 28 heavy (non-hydrogen) atoms. The molecule has 6 nitrogen and oxygen atoms in total. The monoisotopic (exact) mass is 384 g/mol. The van der Waals surface area contributed by atoms with E-state index < -0.39 is 6.10 Å². The van der Waals surface area contributed by atoms with Crippen molar-refractivity contribution in [2.45, 2.75) is 58.6 Å². The molecular formula is C22H28N2O4. The number of aryl methyl sites for hydroxylation is 2. The summed E-state index contributed by atoms with van der Waals surface area (Å²) in [4.78, 5) is 19.4. The zero-order chi connectivity index (χ0) is 19.7. The third-order valence-corrected chi connectivity index (χ3v) is 5.77. The fraction of sp³-hybridized carbons (Fsp3) is 0.545. The van der Waals surface area contributed by atoms with Crippen LogP contribution < -0.4 is 4.74 Å². The summed E-state index contributed by atoms with van der Waals surface area (Å²) in [5.74, 6) is 2.77. The predicted molar refractivity (Wildman–Crippen MR) is 104 cm³/mol. The Morgan fingerprint density at radius 2 is 2.04 bits per heavy atom. The van der Waals surface area contributed by atoms with E-state index in [0.29, 0.717) is 25.4 Å². The molecule has 0 radical (unpaired) electrons. The minimum Gasteiger partial charge on any atom is -0.481 e. The molecule has 1 atom stereocenters. The summed E-state index contributed by atoms with van der Waals surface area (Å²) in [6, 6.07) is 5.91. The van der Waals surface area contributed by atoms with Gasteiger partial charge in [-0.1, -0.05) is 6.07 Å². The molecule has 2 aliphatic rings. The van der Waals surface area contributed by atoms with E-state index in [1.165, 1.54) is 5.56 Å². The molecule has 2 aromatic rings. The molecule has 1 aromatic heterocycles. The third-order valence-electron chi connectivity index (χ3n) is 5.77. The maximum Gasteiger partial charge on any atom is 0.263 e. The summed E-state index contributed by atoms with van der Waals surface area (Å²) in [6.45, 7) is 8.55. The van der Waals surface area contributed by atoms with Crippen molar-refractivity contribution in [3.63, 3.8) is 0 Å². The standard InChI is InChI=1S/C22H28N2O4/c1-14-4-5-18(12-15(14)2)27-16(3)22(25)24-9-6-20-19(13-24)23-21(28-20)17-7-10-26-11-8-17/h4-5,12,16-17H,6-11,13H2,1-3H3. The summed E-state index contributed by atoms with van der Waals surface area (Å²) in [5, 5.41) is 0. The summed E-state index contributed by atoms with van der Waals surface area (Å²) in [5.41, 5.74) is 3.25. The van der Waals surface area contributed by atoms with E-state index in [9.17, 15) is 4.79 Å². The summed E-state index contributed by atoms with van der Waals surface area (Å²) in [7, 11) is 0. The van der Waals surface area contributed by atoms with Crippen LogP contribution in [0, 0.1) is 13.8 Å². The SMILES string of the molecule is Cc1ccc(OC(C)C(=O)N2CCc3oc(C4CCOCC4)nc3C2)cc1C. The van der Waals surface area contributed by atoms with Gasteiger partial charge in [0, 0.05) is 32.1 Å². The van der Waals surface area contributed by atoms with Crippen LogP contribution >= 0.6 is 0 Å². The topological polar surface area (TPSA) is 64.8 Å². The third kappa shape index (κ3) is 3.92. The fourth-order valence-corrected chi connectivity index (χ4v) is 3.82. The van der Waals surface area contributed by atoms with E-state index in [4.69, 9.17) is 18.9 Å². The molecule has 0 spiro atoms. The Bertz CT molecular complexity index is 854. The van der Waals surface area contributed by atoms with Crippen molar-refractivity contribution in [1.29, 1.82) is 0 Å². The average molecular weight is 384 g/mol. The second-order valence-corrected chi connectivity index (χ2v) is 7.82. The van der Waals surface area contributed by atoms with Crippen LogP contribution in [0.4, 0.5) is 0 Å². The highest BCUT2D eigenvalue weighted by Gasteiger charge is 2.31. The molecule has 1 aromatic carbocycles. The van der Waals surface area contributed by atoms with Crippen LogP contribution in [0.15, 0.2) is 22.6 Å². The lowest BCUT2D eigenvalue weighted by molar-refractivity contribution is -0.139. The number of fused-ring (bicyclic) bond motifs is 1. The van der Waals surface area contributed by atoms with E-state index in [1.54, 1.807) is 0 Å². The van der Waals surface area contributed by atoms with Crippen LogP contribution in [0.1, 0.15) is 54.2 Å². The molecule has 1 fully saturated rings. The van der Waals surface area contributed by atoms with Gasteiger partial charge < -0.3 is 18.8 Å². The minimum absolute atomic E-state index is 0.0144. The van der Waals surface area contributed by atoms with Crippen molar-refractivity contribution in [3.8, 4) is 5.75 Å². The number of aromatic nitrogens is 1. The molecule has 150 valence electrons. The Morgan fingerprint density at radius 1 is 1.25 bits per heavy atom. The van der Waals surface area contributed by atoms with Crippen molar-refractivity contribution in [3.05, 3.63) is 46.7 Å². The van der Waals surface area contributed by atoms with E-state index >= 15 is 0 Å². The largest absolute Gasteiger partial charge is 0.481 e. The first-order valence-corrected chi connectivity index (χ1v) is 10.1. The highest BCUT2D eigenvalue weighted by atomic mass is 16.5. The van der Waals surface area contributed by atoms with Gasteiger partial charge in [-0.25, -0.2) is 4.98 Å². The van der Waals surface area contributed by atoms with Crippen molar-refractivity contribution >= 4 is 5.91 Å². The van der Waals surface area contributed by atoms with Gasteiger partial charge in [-0.2, -0.15) is 0 Å². The van der Waals surface area contributed by atoms with E-state index in [0.717, 1.165) is 54.7 Å². The molecular weight excluding hydrogens is 356 g/mol. The molecule has 1 amide bonds. The van der Waals surface area contributed by atoms with Gasteiger partial charge in [-0.15, -0.1) is 0 Å². The van der Waals surface area contributed by atoms with Crippen LogP contribution in [0.3, 0.4) is 0 Å². The van der Waals surface area contributed by atoms with Crippen molar-refractivity contribution in [1.82, 2.24) is 9.88 Å². The van der Waals surface area contributed by atoms with Gasteiger partial charge in [-0.3, -0.25) is 4.79 Å². The predicted octanol–water partition coefficient (Wildman–Crippen LogP) is 3.54. The molecule has 0 N–H and O–H groups in total. The molecule has 4 rings (SSSR count). The Kier molecular flexibility index (Phi) is 5.40. The van der Waals surface area contributed by atoms with Gasteiger partial charge in [0.05, 0.1) is 6.54 Å².